The van der Waals surface area contributed by atoms with E-state index < -0.39 is 5.97 Å². The molecule has 4 heteroatoms. The first-order valence-electron chi connectivity index (χ1n) is 4.82. The molecule has 0 aliphatic heterocycles. The smallest absolute Gasteiger partial charge is 0.303 e. The monoisotopic (exact) mass is 211 g/mol. The zero-order valence-corrected chi connectivity index (χ0v) is 8.32. The third kappa shape index (κ3) is 4.08. The van der Waals surface area contributed by atoms with Gasteiger partial charge in [0.2, 0.25) is 0 Å². The third-order valence-corrected chi connectivity index (χ3v) is 2.20. The lowest BCUT2D eigenvalue weighted by molar-refractivity contribution is -0.137. The first kappa shape index (κ1) is 11.7. The van der Waals surface area contributed by atoms with Crippen LogP contribution in [0.3, 0.4) is 0 Å². The quantitative estimate of drug-likeness (QED) is 0.783. The van der Waals surface area contributed by atoms with E-state index in [1.165, 1.54) is 12.1 Å². The summed E-state index contributed by atoms with van der Waals surface area (Å²) in [5, 5.41) is 8.44. The van der Waals surface area contributed by atoms with Crippen molar-refractivity contribution in [1.82, 2.24) is 0 Å². The van der Waals surface area contributed by atoms with Crippen LogP contribution >= 0.6 is 0 Å². The SMILES string of the molecule is NC(CCCC(=O)O)c1ccc(F)cc1. The van der Waals surface area contributed by atoms with Crippen molar-refractivity contribution in [1.29, 1.82) is 0 Å². The summed E-state index contributed by atoms with van der Waals surface area (Å²) in [6, 6.07) is 5.74. The number of benzene rings is 1. The van der Waals surface area contributed by atoms with E-state index >= 15 is 0 Å². The fraction of sp³-hybridized carbons (Fsp3) is 0.364. The summed E-state index contributed by atoms with van der Waals surface area (Å²) in [6.07, 6.45) is 1.25. The number of aliphatic carboxylic acids is 1. The van der Waals surface area contributed by atoms with Gasteiger partial charge in [-0.3, -0.25) is 4.79 Å². The molecule has 0 amide bonds. The van der Waals surface area contributed by atoms with Gasteiger partial charge in [-0.05, 0) is 30.5 Å². The van der Waals surface area contributed by atoms with Crippen molar-refractivity contribution in [2.45, 2.75) is 25.3 Å². The molecular formula is C11H14FNO2. The maximum Gasteiger partial charge on any atom is 0.303 e. The van der Waals surface area contributed by atoms with Gasteiger partial charge in [-0.25, -0.2) is 4.39 Å². The molecule has 0 saturated carbocycles. The molecule has 15 heavy (non-hydrogen) atoms. The van der Waals surface area contributed by atoms with Gasteiger partial charge in [0.1, 0.15) is 5.82 Å². The minimum atomic E-state index is -0.818. The minimum Gasteiger partial charge on any atom is -0.481 e. The number of rotatable bonds is 5. The van der Waals surface area contributed by atoms with E-state index in [0.29, 0.717) is 12.8 Å². The Morgan fingerprint density at radius 2 is 2.00 bits per heavy atom. The Morgan fingerprint density at radius 1 is 1.40 bits per heavy atom. The van der Waals surface area contributed by atoms with Gasteiger partial charge in [0.15, 0.2) is 0 Å². The molecule has 1 rings (SSSR count). The van der Waals surface area contributed by atoms with Crippen molar-refractivity contribution in [2.75, 3.05) is 0 Å². The van der Waals surface area contributed by atoms with E-state index in [1.807, 2.05) is 0 Å². The summed E-state index contributed by atoms with van der Waals surface area (Å²) in [7, 11) is 0. The fourth-order valence-electron chi connectivity index (χ4n) is 1.35. The van der Waals surface area contributed by atoms with Crippen molar-refractivity contribution in [3.8, 4) is 0 Å². The van der Waals surface area contributed by atoms with Gasteiger partial charge in [-0.2, -0.15) is 0 Å². The largest absolute Gasteiger partial charge is 0.481 e. The van der Waals surface area contributed by atoms with Crippen molar-refractivity contribution >= 4 is 5.97 Å². The van der Waals surface area contributed by atoms with Crippen molar-refractivity contribution in [3.05, 3.63) is 35.6 Å². The molecule has 0 aliphatic carbocycles. The first-order valence-corrected chi connectivity index (χ1v) is 4.82. The second-order valence-electron chi connectivity index (χ2n) is 3.44. The Kier molecular flexibility index (Phi) is 4.24. The standard InChI is InChI=1S/C11H14FNO2/c12-9-6-4-8(5-7-9)10(13)2-1-3-11(14)15/h4-7,10H,1-3,13H2,(H,14,15). The average Bonchev–Trinajstić information content (AvgIpc) is 2.18. The van der Waals surface area contributed by atoms with Crippen LogP contribution in [0.1, 0.15) is 30.9 Å². The molecule has 0 fully saturated rings. The summed E-state index contributed by atoms with van der Waals surface area (Å²) in [4.78, 5) is 10.3. The van der Waals surface area contributed by atoms with Crippen LogP contribution in [0.25, 0.3) is 0 Å². The summed E-state index contributed by atoms with van der Waals surface area (Å²) in [5.74, 6) is -1.11. The molecule has 0 radical (unpaired) electrons. The Balaban J connectivity index is 2.43. The topological polar surface area (TPSA) is 63.3 Å². The predicted octanol–water partition coefficient (Wildman–Crippen LogP) is 2.08. The highest BCUT2D eigenvalue weighted by Crippen LogP contribution is 2.16. The van der Waals surface area contributed by atoms with Gasteiger partial charge < -0.3 is 10.8 Å². The zero-order valence-electron chi connectivity index (χ0n) is 8.32. The molecule has 0 aromatic heterocycles. The van der Waals surface area contributed by atoms with Crippen LogP contribution in [0.2, 0.25) is 0 Å². The molecule has 1 atom stereocenters. The number of halogens is 1. The second-order valence-corrected chi connectivity index (χ2v) is 3.44. The summed E-state index contributed by atoms with van der Waals surface area (Å²) >= 11 is 0. The van der Waals surface area contributed by atoms with Gasteiger partial charge in [0.05, 0.1) is 0 Å². The summed E-state index contributed by atoms with van der Waals surface area (Å²) < 4.78 is 12.6. The number of carbonyl (C=O) groups is 1. The number of nitrogens with two attached hydrogens (primary N) is 1. The molecule has 0 aliphatic rings. The van der Waals surface area contributed by atoms with Gasteiger partial charge in [0, 0.05) is 12.5 Å². The Hall–Kier alpha value is -1.42. The van der Waals surface area contributed by atoms with Crippen LogP contribution in [-0.2, 0) is 4.79 Å². The van der Waals surface area contributed by atoms with E-state index in [-0.39, 0.29) is 18.3 Å². The molecule has 0 heterocycles. The van der Waals surface area contributed by atoms with Crippen LogP contribution in [0, 0.1) is 5.82 Å². The normalized spacial score (nSPS) is 12.4. The lowest BCUT2D eigenvalue weighted by Gasteiger charge is -2.10. The van der Waals surface area contributed by atoms with Gasteiger partial charge >= 0.3 is 5.97 Å². The molecule has 0 bridgehead atoms. The predicted molar refractivity (Wildman–Crippen MR) is 54.8 cm³/mol. The zero-order chi connectivity index (χ0) is 11.3. The van der Waals surface area contributed by atoms with Crippen LogP contribution < -0.4 is 5.73 Å². The van der Waals surface area contributed by atoms with E-state index in [1.54, 1.807) is 12.1 Å². The molecule has 0 spiro atoms. The van der Waals surface area contributed by atoms with Gasteiger partial charge in [-0.1, -0.05) is 12.1 Å². The highest BCUT2D eigenvalue weighted by molar-refractivity contribution is 5.66. The van der Waals surface area contributed by atoms with Gasteiger partial charge in [0.25, 0.3) is 0 Å². The molecule has 1 aromatic carbocycles. The number of carboxylic acid groups (broad SMARTS) is 1. The van der Waals surface area contributed by atoms with Crippen LogP contribution in [0.15, 0.2) is 24.3 Å². The van der Waals surface area contributed by atoms with Crippen molar-refractivity contribution < 1.29 is 14.3 Å². The Labute approximate surface area is 87.7 Å². The molecule has 0 saturated heterocycles. The second kappa shape index (κ2) is 5.46. The van der Waals surface area contributed by atoms with E-state index in [9.17, 15) is 9.18 Å². The van der Waals surface area contributed by atoms with Crippen molar-refractivity contribution in [3.63, 3.8) is 0 Å². The van der Waals surface area contributed by atoms with E-state index in [0.717, 1.165) is 5.56 Å². The third-order valence-electron chi connectivity index (χ3n) is 2.20. The van der Waals surface area contributed by atoms with Crippen LogP contribution in [0.4, 0.5) is 4.39 Å². The highest BCUT2D eigenvalue weighted by atomic mass is 19.1. The van der Waals surface area contributed by atoms with Crippen molar-refractivity contribution in [2.24, 2.45) is 5.73 Å². The maximum atomic E-state index is 12.6. The Bertz CT molecular complexity index is 324. The average molecular weight is 211 g/mol. The fourth-order valence-corrected chi connectivity index (χ4v) is 1.35. The van der Waals surface area contributed by atoms with Gasteiger partial charge in [-0.15, -0.1) is 0 Å². The molecule has 1 aromatic rings. The molecule has 1 unspecified atom stereocenters. The van der Waals surface area contributed by atoms with E-state index in [4.69, 9.17) is 10.8 Å². The van der Waals surface area contributed by atoms with Crippen LogP contribution in [-0.4, -0.2) is 11.1 Å². The molecular weight excluding hydrogens is 197 g/mol. The van der Waals surface area contributed by atoms with E-state index in [2.05, 4.69) is 0 Å². The molecule has 3 N–H and O–H groups in total. The lowest BCUT2D eigenvalue weighted by atomic mass is 10.0. The number of hydrogen-bond donors (Lipinski definition) is 2. The molecule has 82 valence electrons. The van der Waals surface area contributed by atoms with Crippen LogP contribution in [0.5, 0.6) is 0 Å². The number of carboxylic acids is 1. The highest BCUT2D eigenvalue weighted by Gasteiger charge is 2.06. The number of hydrogen-bond acceptors (Lipinski definition) is 2. The summed E-state index contributed by atoms with van der Waals surface area (Å²) in [5.41, 5.74) is 6.65. The molecule has 3 nitrogen and oxygen atoms in total. The summed E-state index contributed by atoms with van der Waals surface area (Å²) in [6.45, 7) is 0. The lowest BCUT2D eigenvalue weighted by Crippen LogP contribution is -2.10. The first-order chi connectivity index (χ1) is 7.09. The Morgan fingerprint density at radius 3 is 2.53 bits per heavy atom. The maximum absolute atomic E-state index is 12.6. The minimum absolute atomic E-state index is 0.120.